The molecule has 25 heavy (non-hydrogen) atoms. The highest BCUT2D eigenvalue weighted by atomic mass is 16.4. The van der Waals surface area contributed by atoms with Crippen LogP contribution in [0.15, 0.2) is 55.1 Å². The molecule has 4 aromatic rings. The van der Waals surface area contributed by atoms with Gasteiger partial charge < -0.3 is 15.4 Å². The van der Waals surface area contributed by atoms with E-state index in [0.717, 1.165) is 39.3 Å². The number of hydrogen-bond acceptors (Lipinski definition) is 5. The fourth-order valence-electron chi connectivity index (χ4n) is 2.59. The Bertz CT molecular complexity index is 1120. The van der Waals surface area contributed by atoms with E-state index in [2.05, 4.69) is 25.3 Å². The number of benzene rings is 2. The van der Waals surface area contributed by atoms with Crippen LogP contribution in [0.4, 0.5) is 11.5 Å². The number of anilines is 2. The summed E-state index contributed by atoms with van der Waals surface area (Å²) in [5.41, 5.74) is 4.19. The topological polar surface area (TPSA) is 104 Å². The quantitative estimate of drug-likeness (QED) is 0.495. The third-order valence-corrected chi connectivity index (χ3v) is 3.76. The average Bonchev–Trinajstić information content (AvgIpc) is 3.08. The Morgan fingerprint density at radius 2 is 2.00 bits per heavy atom. The molecular weight excluding hydrogens is 318 g/mol. The van der Waals surface area contributed by atoms with Gasteiger partial charge in [0.1, 0.15) is 12.1 Å². The Labute approximate surface area is 142 Å². The molecule has 0 spiro atoms. The Kier molecular flexibility index (Phi) is 3.59. The van der Waals surface area contributed by atoms with E-state index in [4.69, 9.17) is 5.11 Å². The molecule has 0 fully saturated rings. The van der Waals surface area contributed by atoms with E-state index < -0.39 is 5.97 Å². The van der Waals surface area contributed by atoms with Gasteiger partial charge in [-0.3, -0.25) is 0 Å². The van der Waals surface area contributed by atoms with E-state index in [1.54, 1.807) is 6.33 Å². The maximum atomic E-state index is 10.6. The molecule has 7 heteroatoms. The zero-order valence-electron chi connectivity index (χ0n) is 13.0. The summed E-state index contributed by atoms with van der Waals surface area (Å²) in [5, 5.41) is 12.9. The molecule has 0 saturated carbocycles. The fourth-order valence-corrected chi connectivity index (χ4v) is 2.59. The van der Waals surface area contributed by atoms with Gasteiger partial charge >= 0.3 is 5.97 Å². The van der Waals surface area contributed by atoms with Gasteiger partial charge in [-0.1, -0.05) is 6.07 Å². The van der Waals surface area contributed by atoms with Crippen molar-refractivity contribution in [1.29, 1.82) is 0 Å². The van der Waals surface area contributed by atoms with Gasteiger partial charge in [0.2, 0.25) is 0 Å². The SMILES string of the molecule is O=C(O)C=Cc1ccc2c(Nc3ccc4[nH]cnc4c3)ncnc2c1. The summed E-state index contributed by atoms with van der Waals surface area (Å²) < 4.78 is 0. The summed E-state index contributed by atoms with van der Waals surface area (Å²) in [6.45, 7) is 0. The molecule has 3 N–H and O–H groups in total. The van der Waals surface area contributed by atoms with Gasteiger partial charge in [-0.2, -0.15) is 0 Å². The van der Waals surface area contributed by atoms with E-state index in [1.807, 2.05) is 36.4 Å². The van der Waals surface area contributed by atoms with Gasteiger partial charge in [-0.05, 0) is 42.0 Å². The molecule has 0 saturated heterocycles. The number of carbonyl (C=O) groups is 1. The molecule has 0 radical (unpaired) electrons. The number of carboxylic acids is 1. The third kappa shape index (κ3) is 3.02. The Morgan fingerprint density at radius 3 is 2.88 bits per heavy atom. The maximum absolute atomic E-state index is 10.6. The van der Waals surface area contributed by atoms with Crippen LogP contribution >= 0.6 is 0 Å². The number of hydrogen-bond donors (Lipinski definition) is 3. The number of aliphatic carboxylic acids is 1. The van der Waals surface area contributed by atoms with Gasteiger partial charge in [0.15, 0.2) is 0 Å². The standard InChI is InChI=1S/C18H13N5O2/c24-17(25)6-2-11-1-4-13-15(7-11)20-10-22-18(13)23-12-3-5-14-16(8-12)21-9-19-14/h1-10H,(H,19,21)(H,24,25)(H,20,22,23). The van der Waals surface area contributed by atoms with Crippen molar-refractivity contribution in [3.05, 3.63) is 60.7 Å². The van der Waals surface area contributed by atoms with E-state index in [9.17, 15) is 4.79 Å². The fraction of sp³-hybridized carbons (Fsp3) is 0. The van der Waals surface area contributed by atoms with Gasteiger partial charge in [-0.15, -0.1) is 0 Å². The van der Waals surface area contributed by atoms with Gasteiger partial charge in [-0.25, -0.2) is 19.7 Å². The molecule has 0 amide bonds. The number of imidazole rings is 1. The van der Waals surface area contributed by atoms with Crippen LogP contribution in [0.1, 0.15) is 5.56 Å². The molecule has 122 valence electrons. The number of fused-ring (bicyclic) bond motifs is 2. The summed E-state index contributed by atoms with van der Waals surface area (Å²) in [6.07, 6.45) is 5.76. The van der Waals surface area contributed by atoms with Crippen LogP contribution in [0, 0.1) is 0 Å². The number of aromatic nitrogens is 4. The van der Waals surface area contributed by atoms with Crippen molar-refractivity contribution in [2.45, 2.75) is 0 Å². The lowest BCUT2D eigenvalue weighted by molar-refractivity contribution is -0.131. The molecule has 0 aliphatic carbocycles. The summed E-state index contributed by atoms with van der Waals surface area (Å²) in [6, 6.07) is 11.3. The molecule has 7 nitrogen and oxygen atoms in total. The Hall–Kier alpha value is -3.74. The number of rotatable bonds is 4. The van der Waals surface area contributed by atoms with Crippen molar-refractivity contribution in [2.75, 3.05) is 5.32 Å². The summed E-state index contributed by atoms with van der Waals surface area (Å²) in [7, 11) is 0. The lowest BCUT2D eigenvalue weighted by Crippen LogP contribution is -1.96. The molecule has 2 aromatic heterocycles. The largest absolute Gasteiger partial charge is 0.478 e. The zero-order chi connectivity index (χ0) is 17.2. The second-order valence-corrected chi connectivity index (χ2v) is 5.43. The Morgan fingerprint density at radius 1 is 1.08 bits per heavy atom. The third-order valence-electron chi connectivity index (χ3n) is 3.76. The molecule has 0 aliphatic rings. The van der Waals surface area contributed by atoms with Gasteiger partial charge in [0.25, 0.3) is 0 Å². The smallest absolute Gasteiger partial charge is 0.328 e. The lowest BCUT2D eigenvalue weighted by Gasteiger charge is -2.08. The Balaban J connectivity index is 1.70. The highest BCUT2D eigenvalue weighted by Crippen LogP contribution is 2.25. The second-order valence-electron chi connectivity index (χ2n) is 5.43. The first kappa shape index (κ1) is 14.8. The lowest BCUT2D eigenvalue weighted by atomic mass is 10.1. The highest BCUT2D eigenvalue weighted by Gasteiger charge is 2.06. The minimum Gasteiger partial charge on any atom is -0.478 e. The monoisotopic (exact) mass is 331 g/mol. The van der Waals surface area contributed by atoms with Crippen molar-refractivity contribution in [1.82, 2.24) is 19.9 Å². The summed E-state index contributed by atoms with van der Waals surface area (Å²) in [5.74, 6) is -0.312. The molecular formula is C18H13N5O2. The molecule has 2 aromatic carbocycles. The minimum atomic E-state index is -0.987. The van der Waals surface area contributed by atoms with E-state index in [1.165, 1.54) is 12.4 Å². The van der Waals surface area contributed by atoms with Crippen LogP contribution in [0.25, 0.3) is 28.0 Å². The molecule has 0 aliphatic heterocycles. The predicted molar refractivity (Wildman–Crippen MR) is 95.6 cm³/mol. The van der Waals surface area contributed by atoms with Crippen LogP contribution in [-0.4, -0.2) is 31.0 Å². The molecule has 0 atom stereocenters. The minimum absolute atomic E-state index is 0.675. The van der Waals surface area contributed by atoms with Crippen molar-refractivity contribution in [2.24, 2.45) is 0 Å². The zero-order valence-corrected chi connectivity index (χ0v) is 13.0. The normalized spacial score (nSPS) is 11.4. The van der Waals surface area contributed by atoms with Crippen molar-refractivity contribution < 1.29 is 9.90 Å². The summed E-state index contributed by atoms with van der Waals surface area (Å²) >= 11 is 0. The molecule has 2 heterocycles. The highest BCUT2D eigenvalue weighted by molar-refractivity contribution is 5.93. The van der Waals surface area contributed by atoms with Crippen LogP contribution in [0.3, 0.4) is 0 Å². The van der Waals surface area contributed by atoms with Crippen molar-refractivity contribution in [3.8, 4) is 0 Å². The second kappa shape index (κ2) is 6.04. The van der Waals surface area contributed by atoms with E-state index in [0.29, 0.717) is 5.82 Å². The average molecular weight is 331 g/mol. The van der Waals surface area contributed by atoms with Gasteiger partial charge in [0, 0.05) is 17.1 Å². The first-order valence-electron chi connectivity index (χ1n) is 7.55. The number of aromatic amines is 1. The summed E-state index contributed by atoms with van der Waals surface area (Å²) in [4.78, 5) is 26.5. The van der Waals surface area contributed by atoms with Gasteiger partial charge in [0.05, 0.1) is 22.9 Å². The van der Waals surface area contributed by atoms with E-state index >= 15 is 0 Å². The van der Waals surface area contributed by atoms with Crippen LogP contribution in [0.5, 0.6) is 0 Å². The van der Waals surface area contributed by atoms with Crippen molar-refractivity contribution >= 4 is 45.5 Å². The van der Waals surface area contributed by atoms with E-state index in [-0.39, 0.29) is 0 Å². The van der Waals surface area contributed by atoms with Crippen LogP contribution in [0.2, 0.25) is 0 Å². The maximum Gasteiger partial charge on any atom is 0.328 e. The molecule has 0 unspecified atom stereocenters. The predicted octanol–water partition coefficient (Wildman–Crippen LogP) is 3.35. The first-order valence-corrected chi connectivity index (χ1v) is 7.55. The molecule has 0 bridgehead atoms. The first-order chi connectivity index (χ1) is 12.2. The van der Waals surface area contributed by atoms with Crippen LogP contribution < -0.4 is 5.32 Å². The number of carboxylic acid groups (broad SMARTS) is 1. The number of H-pyrrole nitrogens is 1. The van der Waals surface area contributed by atoms with Crippen molar-refractivity contribution in [3.63, 3.8) is 0 Å². The number of nitrogens with zero attached hydrogens (tertiary/aromatic N) is 3. The molecule has 4 rings (SSSR count). The number of nitrogens with one attached hydrogen (secondary N) is 2. The van der Waals surface area contributed by atoms with Crippen LogP contribution in [-0.2, 0) is 4.79 Å².